The first kappa shape index (κ1) is 15.3. The zero-order chi connectivity index (χ0) is 16.4. The lowest BCUT2D eigenvalue weighted by molar-refractivity contribution is 0.0556. The minimum absolute atomic E-state index is 0.138. The number of carbonyl (C=O) groups excluding carboxylic acids is 1. The van der Waals surface area contributed by atoms with Crippen LogP contribution in [-0.2, 0) is 0 Å². The van der Waals surface area contributed by atoms with Gasteiger partial charge in [0.05, 0.1) is 5.56 Å². The Kier molecular flexibility index (Phi) is 4.15. The molecule has 2 aromatic heterocycles. The molecule has 0 aliphatic carbocycles. The molecule has 0 spiro atoms. The zero-order valence-electron chi connectivity index (χ0n) is 13.2. The van der Waals surface area contributed by atoms with Crippen LogP contribution in [0.2, 0.25) is 0 Å². The predicted octanol–water partition coefficient (Wildman–Crippen LogP) is 2.76. The molecule has 3 rings (SSSR count). The van der Waals surface area contributed by atoms with Crippen LogP contribution in [0.3, 0.4) is 0 Å². The number of hydrogen-bond acceptors (Lipinski definition) is 5. The summed E-state index contributed by atoms with van der Waals surface area (Å²) in [5.74, 6) is 1.20. The zero-order valence-corrected chi connectivity index (χ0v) is 13.2. The summed E-state index contributed by atoms with van der Waals surface area (Å²) < 4.78 is 5.39. The fourth-order valence-electron chi connectivity index (χ4n) is 2.79. The molecule has 0 bridgehead atoms. The number of carbonyl (C=O) groups is 1. The molecule has 1 saturated heterocycles. The van der Waals surface area contributed by atoms with Crippen LogP contribution in [0.4, 0.5) is 0 Å². The Labute approximate surface area is 134 Å². The summed E-state index contributed by atoms with van der Waals surface area (Å²) in [6.07, 6.45) is 4.30. The SMILES string of the molecule is CC(C)c1noc(C2CCCCN2C(=O)c2cc(C#N)c[nH]2)n1. The molecule has 1 amide bonds. The third kappa shape index (κ3) is 2.97. The summed E-state index contributed by atoms with van der Waals surface area (Å²) in [6.45, 7) is 4.64. The molecule has 7 heteroatoms. The van der Waals surface area contributed by atoms with Gasteiger partial charge in [-0.15, -0.1) is 0 Å². The maximum atomic E-state index is 12.7. The first-order valence-corrected chi connectivity index (χ1v) is 7.83. The van der Waals surface area contributed by atoms with Crippen LogP contribution in [-0.4, -0.2) is 32.5 Å². The second-order valence-electron chi connectivity index (χ2n) is 6.07. The van der Waals surface area contributed by atoms with Gasteiger partial charge in [0.2, 0.25) is 5.89 Å². The average molecular weight is 313 g/mol. The van der Waals surface area contributed by atoms with E-state index in [0.717, 1.165) is 19.3 Å². The number of nitriles is 1. The van der Waals surface area contributed by atoms with E-state index in [-0.39, 0.29) is 17.9 Å². The van der Waals surface area contributed by atoms with E-state index < -0.39 is 0 Å². The van der Waals surface area contributed by atoms with Crippen molar-refractivity contribution in [3.63, 3.8) is 0 Å². The number of nitrogens with zero attached hydrogens (tertiary/aromatic N) is 4. The highest BCUT2D eigenvalue weighted by Gasteiger charge is 2.33. The van der Waals surface area contributed by atoms with Crippen LogP contribution in [0.15, 0.2) is 16.8 Å². The van der Waals surface area contributed by atoms with Crippen molar-refractivity contribution in [2.75, 3.05) is 6.54 Å². The Morgan fingerprint density at radius 1 is 1.52 bits per heavy atom. The van der Waals surface area contributed by atoms with Crippen molar-refractivity contribution < 1.29 is 9.32 Å². The van der Waals surface area contributed by atoms with Crippen molar-refractivity contribution in [2.24, 2.45) is 0 Å². The Bertz CT molecular complexity index is 740. The van der Waals surface area contributed by atoms with E-state index in [1.165, 1.54) is 6.20 Å². The Hall–Kier alpha value is -2.62. The number of likely N-dealkylation sites (tertiary alicyclic amines) is 1. The first-order chi connectivity index (χ1) is 11.1. The second-order valence-corrected chi connectivity index (χ2v) is 6.07. The molecule has 23 heavy (non-hydrogen) atoms. The molecule has 1 fully saturated rings. The van der Waals surface area contributed by atoms with Gasteiger partial charge in [0.1, 0.15) is 17.8 Å². The van der Waals surface area contributed by atoms with E-state index in [2.05, 4.69) is 15.1 Å². The normalized spacial score (nSPS) is 18.2. The van der Waals surface area contributed by atoms with Gasteiger partial charge in [-0.05, 0) is 25.3 Å². The maximum Gasteiger partial charge on any atom is 0.270 e. The highest BCUT2D eigenvalue weighted by atomic mass is 16.5. The van der Waals surface area contributed by atoms with Crippen molar-refractivity contribution in [1.29, 1.82) is 5.26 Å². The summed E-state index contributed by atoms with van der Waals surface area (Å²) in [5, 5.41) is 12.9. The van der Waals surface area contributed by atoms with Gasteiger partial charge in [0.25, 0.3) is 5.91 Å². The van der Waals surface area contributed by atoms with E-state index in [1.54, 1.807) is 11.0 Å². The van der Waals surface area contributed by atoms with Gasteiger partial charge in [-0.3, -0.25) is 4.79 Å². The molecule has 1 aliphatic heterocycles. The summed E-state index contributed by atoms with van der Waals surface area (Å²) >= 11 is 0. The number of rotatable bonds is 3. The summed E-state index contributed by atoms with van der Waals surface area (Å²) in [4.78, 5) is 21.8. The standard InChI is InChI=1S/C16H19N5O2/c1-10(2)14-19-15(23-20-14)13-5-3-4-6-21(13)16(22)12-7-11(8-17)9-18-12/h7,9-10,13,18H,3-6H2,1-2H3. The smallest absolute Gasteiger partial charge is 0.270 e. The van der Waals surface area contributed by atoms with Crippen LogP contribution in [0.1, 0.15) is 72.8 Å². The van der Waals surface area contributed by atoms with Gasteiger partial charge in [-0.1, -0.05) is 19.0 Å². The highest BCUT2D eigenvalue weighted by molar-refractivity contribution is 5.93. The van der Waals surface area contributed by atoms with Crippen LogP contribution in [0.5, 0.6) is 0 Å². The van der Waals surface area contributed by atoms with Gasteiger partial charge < -0.3 is 14.4 Å². The van der Waals surface area contributed by atoms with Gasteiger partial charge in [0.15, 0.2) is 5.82 Å². The molecule has 1 atom stereocenters. The van der Waals surface area contributed by atoms with Gasteiger partial charge >= 0.3 is 0 Å². The third-order valence-electron chi connectivity index (χ3n) is 4.07. The Balaban J connectivity index is 1.86. The maximum absolute atomic E-state index is 12.7. The number of amides is 1. The number of piperidine rings is 1. The fraction of sp³-hybridized carbons (Fsp3) is 0.500. The third-order valence-corrected chi connectivity index (χ3v) is 4.07. The first-order valence-electron chi connectivity index (χ1n) is 7.83. The topological polar surface area (TPSA) is 98.8 Å². The van der Waals surface area contributed by atoms with E-state index >= 15 is 0 Å². The van der Waals surface area contributed by atoms with Crippen LogP contribution >= 0.6 is 0 Å². The number of nitrogens with one attached hydrogen (secondary N) is 1. The van der Waals surface area contributed by atoms with Crippen molar-refractivity contribution in [3.8, 4) is 6.07 Å². The monoisotopic (exact) mass is 313 g/mol. The molecule has 0 radical (unpaired) electrons. The second kappa shape index (κ2) is 6.24. The van der Waals surface area contributed by atoms with Gasteiger partial charge in [0, 0.05) is 18.7 Å². The Morgan fingerprint density at radius 3 is 3.00 bits per heavy atom. The lowest BCUT2D eigenvalue weighted by Gasteiger charge is -2.33. The molecule has 2 aromatic rings. The van der Waals surface area contributed by atoms with Crippen LogP contribution in [0.25, 0.3) is 0 Å². The molecule has 1 N–H and O–H groups in total. The molecule has 7 nitrogen and oxygen atoms in total. The molecule has 120 valence electrons. The van der Waals surface area contributed by atoms with Crippen molar-refractivity contribution >= 4 is 5.91 Å². The predicted molar refractivity (Wildman–Crippen MR) is 81.5 cm³/mol. The Morgan fingerprint density at radius 2 is 2.35 bits per heavy atom. The van der Waals surface area contributed by atoms with Gasteiger partial charge in [-0.2, -0.15) is 10.2 Å². The molecule has 1 aliphatic rings. The van der Waals surface area contributed by atoms with E-state index in [0.29, 0.717) is 29.5 Å². The minimum atomic E-state index is -0.204. The number of hydrogen-bond donors (Lipinski definition) is 1. The van der Waals surface area contributed by atoms with Crippen molar-refractivity contribution in [1.82, 2.24) is 20.0 Å². The number of H-pyrrole nitrogens is 1. The fourth-order valence-corrected chi connectivity index (χ4v) is 2.79. The summed E-state index contributed by atoms with van der Waals surface area (Å²) in [5.41, 5.74) is 0.860. The molecule has 1 unspecified atom stereocenters. The highest BCUT2D eigenvalue weighted by Crippen LogP contribution is 2.31. The number of aromatic nitrogens is 3. The molecule has 3 heterocycles. The van der Waals surface area contributed by atoms with Gasteiger partial charge in [-0.25, -0.2) is 0 Å². The minimum Gasteiger partial charge on any atom is -0.356 e. The van der Waals surface area contributed by atoms with E-state index in [9.17, 15) is 4.79 Å². The molecule has 0 saturated carbocycles. The quantitative estimate of drug-likeness (QED) is 0.939. The molecular formula is C16H19N5O2. The lowest BCUT2D eigenvalue weighted by Crippen LogP contribution is -2.38. The lowest BCUT2D eigenvalue weighted by atomic mass is 10.0. The van der Waals surface area contributed by atoms with Crippen molar-refractivity contribution in [2.45, 2.75) is 45.1 Å². The van der Waals surface area contributed by atoms with Crippen molar-refractivity contribution in [3.05, 3.63) is 35.2 Å². The van der Waals surface area contributed by atoms with Crippen LogP contribution < -0.4 is 0 Å². The van der Waals surface area contributed by atoms with Crippen LogP contribution in [0, 0.1) is 11.3 Å². The molecular weight excluding hydrogens is 294 g/mol. The number of aromatic amines is 1. The van der Waals surface area contributed by atoms with E-state index in [4.69, 9.17) is 9.78 Å². The molecule has 0 aromatic carbocycles. The van der Waals surface area contributed by atoms with E-state index in [1.807, 2.05) is 19.9 Å². The summed E-state index contributed by atoms with van der Waals surface area (Å²) in [6, 6.07) is 3.39. The average Bonchev–Trinajstić information content (AvgIpc) is 3.23. The largest absolute Gasteiger partial charge is 0.356 e. The summed E-state index contributed by atoms with van der Waals surface area (Å²) in [7, 11) is 0.